The van der Waals surface area contributed by atoms with Crippen LogP contribution in [0.3, 0.4) is 0 Å². The number of hydrogen-bond acceptors (Lipinski definition) is 6. The number of ether oxygens (including phenoxy) is 2. The largest absolute Gasteiger partial charge is 0.508 e. The zero-order chi connectivity index (χ0) is 22.3. The number of phenols is 1. The first-order valence-electron chi connectivity index (χ1n) is 10.4. The van der Waals surface area contributed by atoms with Crippen LogP contribution in [-0.2, 0) is 0 Å². The van der Waals surface area contributed by atoms with Gasteiger partial charge in [0.15, 0.2) is 5.75 Å². The summed E-state index contributed by atoms with van der Waals surface area (Å²) in [5.41, 5.74) is 1.06. The highest BCUT2D eigenvalue weighted by atomic mass is 79.9. The molecular formula is C25H25BrN2O3S. The Morgan fingerprint density at radius 1 is 0.906 bits per heavy atom. The Hall–Kier alpha value is -2.58. The van der Waals surface area contributed by atoms with Crippen molar-refractivity contribution in [2.75, 3.05) is 33.3 Å². The minimum atomic E-state index is 0.245. The molecule has 1 aromatic heterocycles. The van der Waals surface area contributed by atoms with Gasteiger partial charge in [-0.05, 0) is 67.2 Å². The third kappa shape index (κ3) is 5.61. The van der Waals surface area contributed by atoms with Crippen molar-refractivity contribution in [1.82, 2.24) is 10.6 Å². The molecule has 3 aromatic carbocycles. The van der Waals surface area contributed by atoms with Crippen molar-refractivity contribution in [3.05, 3.63) is 71.2 Å². The first-order chi connectivity index (χ1) is 15.6. The molecule has 4 aromatic rings. The highest BCUT2D eigenvalue weighted by molar-refractivity contribution is 9.10. The Kier molecular flexibility index (Phi) is 7.65. The van der Waals surface area contributed by atoms with E-state index in [9.17, 15) is 5.11 Å². The smallest absolute Gasteiger partial charge is 0.153 e. The molecule has 0 unspecified atom stereocenters. The third-order valence-electron chi connectivity index (χ3n) is 4.88. The summed E-state index contributed by atoms with van der Waals surface area (Å²) in [4.78, 5) is 1.02. The number of rotatable bonds is 10. The SMILES string of the molecule is CNCCNCCOc1ccc(Oc2c(-c3ccc(Br)cc3)sc3cc(O)ccc23)cc1. The predicted octanol–water partition coefficient (Wildman–Crippen LogP) is 6.02. The van der Waals surface area contributed by atoms with Gasteiger partial charge in [0.05, 0.1) is 4.88 Å². The van der Waals surface area contributed by atoms with E-state index in [1.165, 1.54) is 0 Å². The van der Waals surface area contributed by atoms with Crippen molar-refractivity contribution in [3.63, 3.8) is 0 Å². The van der Waals surface area contributed by atoms with E-state index in [4.69, 9.17) is 9.47 Å². The zero-order valence-electron chi connectivity index (χ0n) is 17.7. The molecule has 3 N–H and O–H groups in total. The molecule has 0 atom stereocenters. The first-order valence-corrected chi connectivity index (χ1v) is 12.0. The number of aromatic hydroxyl groups is 1. The lowest BCUT2D eigenvalue weighted by molar-refractivity contribution is 0.314. The molecule has 0 radical (unpaired) electrons. The highest BCUT2D eigenvalue weighted by Gasteiger charge is 2.17. The number of phenolic OH excluding ortho intramolecular Hbond substituents is 1. The van der Waals surface area contributed by atoms with Gasteiger partial charge in [-0.25, -0.2) is 0 Å². The molecule has 166 valence electrons. The number of fused-ring (bicyclic) bond motifs is 1. The molecule has 0 fully saturated rings. The summed E-state index contributed by atoms with van der Waals surface area (Å²) >= 11 is 5.10. The van der Waals surface area contributed by atoms with E-state index in [1.54, 1.807) is 23.5 Å². The van der Waals surface area contributed by atoms with Gasteiger partial charge >= 0.3 is 0 Å². The maximum Gasteiger partial charge on any atom is 0.153 e. The van der Waals surface area contributed by atoms with Crippen LogP contribution in [0.4, 0.5) is 0 Å². The van der Waals surface area contributed by atoms with Gasteiger partial charge in [-0.15, -0.1) is 11.3 Å². The lowest BCUT2D eigenvalue weighted by atomic mass is 10.1. The summed E-state index contributed by atoms with van der Waals surface area (Å²) in [6, 6.07) is 21.2. The quantitative estimate of drug-likeness (QED) is 0.227. The second-order valence-electron chi connectivity index (χ2n) is 7.22. The number of nitrogens with one attached hydrogen (secondary N) is 2. The summed E-state index contributed by atoms with van der Waals surface area (Å²) in [7, 11) is 1.94. The second kappa shape index (κ2) is 10.8. The van der Waals surface area contributed by atoms with E-state index in [-0.39, 0.29) is 5.75 Å². The van der Waals surface area contributed by atoms with Gasteiger partial charge in [0.2, 0.25) is 0 Å². The molecule has 0 amide bonds. The molecule has 7 heteroatoms. The fourth-order valence-corrected chi connectivity index (χ4v) is 4.69. The summed E-state index contributed by atoms with van der Waals surface area (Å²) in [5.74, 6) is 2.57. The number of halogens is 1. The highest BCUT2D eigenvalue weighted by Crippen LogP contribution is 2.47. The van der Waals surface area contributed by atoms with Crippen LogP contribution in [0.2, 0.25) is 0 Å². The third-order valence-corrected chi connectivity index (χ3v) is 6.59. The fourth-order valence-electron chi connectivity index (χ4n) is 3.26. The molecule has 0 bridgehead atoms. The van der Waals surface area contributed by atoms with E-state index in [1.807, 2.05) is 49.5 Å². The van der Waals surface area contributed by atoms with Crippen LogP contribution in [0.5, 0.6) is 23.0 Å². The van der Waals surface area contributed by atoms with Crippen LogP contribution in [0.1, 0.15) is 0 Å². The van der Waals surface area contributed by atoms with Gasteiger partial charge in [-0.3, -0.25) is 0 Å². The van der Waals surface area contributed by atoms with Crippen LogP contribution in [-0.4, -0.2) is 38.4 Å². The Morgan fingerprint density at radius 2 is 1.66 bits per heavy atom. The Morgan fingerprint density at radius 3 is 2.41 bits per heavy atom. The lowest BCUT2D eigenvalue weighted by Crippen LogP contribution is -2.28. The van der Waals surface area contributed by atoms with Crippen molar-refractivity contribution in [1.29, 1.82) is 0 Å². The predicted molar refractivity (Wildman–Crippen MR) is 135 cm³/mol. The standard InChI is InChI=1S/C25H25BrN2O3S/c1-27-12-13-28-14-15-30-20-7-9-21(10-8-20)31-24-22-11-6-19(29)16-23(22)32-25(24)17-2-4-18(26)5-3-17/h2-11,16,27-29H,12-15H2,1H3. The fraction of sp³-hybridized carbons (Fsp3) is 0.200. The van der Waals surface area contributed by atoms with Gasteiger partial charge in [-0.1, -0.05) is 28.1 Å². The summed E-state index contributed by atoms with van der Waals surface area (Å²) in [6.07, 6.45) is 0. The number of hydrogen-bond donors (Lipinski definition) is 3. The maximum absolute atomic E-state index is 9.93. The van der Waals surface area contributed by atoms with Crippen molar-refractivity contribution >= 4 is 37.4 Å². The van der Waals surface area contributed by atoms with E-state index >= 15 is 0 Å². The van der Waals surface area contributed by atoms with Gasteiger partial charge < -0.3 is 25.2 Å². The minimum absolute atomic E-state index is 0.245. The molecule has 0 aliphatic rings. The van der Waals surface area contributed by atoms with Gasteiger partial charge in [0.1, 0.15) is 23.9 Å². The van der Waals surface area contributed by atoms with Crippen LogP contribution in [0.25, 0.3) is 20.5 Å². The molecule has 0 saturated carbocycles. The monoisotopic (exact) mass is 512 g/mol. The van der Waals surface area contributed by atoms with Crippen LogP contribution in [0, 0.1) is 0 Å². The molecule has 5 nitrogen and oxygen atoms in total. The molecular weight excluding hydrogens is 488 g/mol. The molecule has 1 heterocycles. The van der Waals surface area contributed by atoms with Gasteiger partial charge in [0, 0.05) is 34.2 Å². The second-order valence-corrected chi connectivity index (χ2v) is 9.19. The summed E-state index contributed by atoms with van der Waals surface area (Å²) in [5, 5.41) is 17.3. The van der Waals surface area contributed by atoms with Crippen LogP contribution in [0.15, 0.2) is 71.2 Å². The average molecular weight is 513 g/mol. The Bertz CT molecular complexity index is 1160. The lowest BCUT2D eigenvalue weighted by Gasteiger charge is -2.10. The molecule has 0 spiro atoms. The van der Waals surface area contributed by atoms with Crippen LogP contribution < -0.4 is 20.1 Å². The van der Waals surface area contributed by atoms with E-state index in [0.29, 0.717) is 6.61 Å². The topological polar surface area (TPSA) is 62.8 Å². The Balaban J connectivity index is 1.52. The minimum Gasteiger partial charge on any atom is -0.508 e. The Labute approximate surface area is 200 Å². The van der Waals surface area contributed by atoms with Gasteiger partial charge in [-0.2, -0.15) is 0 Å². The van der Waals surface area contributed by atoms with E-state index < -0.39 is 0 Å². The van der Waals surface area contributed by atoms with Gasteiger partial charge in [0.25, 0.3) is 0 Å². The number of likely N-dealkylation sites (N-methyl/N-ethyl adjacent to an activating group) is 1. The normalized spacial score (nSPS) is 11.1. The molecule has 0 aliphatic heterocycles. The summed E-state index contributed by atoms with van der Waals surface area (Å²) in [6.45, 7) is 3.26. The first kappa shape index (κ1) is 22.6. The van der Waals surface area contributed by atoms with Crippen LogP contribution >= 0.6 is 27.3 Å². The van der Waals surface area contributed by atoms with E-state index in [2.05, 4.69) is 38.7 Å². The molecule has 0 saturated heterocycles. The molecule has 32 heavy (non-hydrogen) atoms. The zero-order valence-corrected chi connectivity index (χ0v) is 20.1. The summed E-state index contributed by atoms with van der Waals surface area (Å²) < 4.78 is 14.1. The maximum atomic E-state index is 9.93. The average Bonchev–Trinajstić information content (AvgIpc) is 3.15. The van der Waals surface area contributed by atoms with Crippen molar-refractivity contribution < 1.29 is 14.6 Å². The van der Waals surface area contributed by atoms with Crippen molar-refractivity contribution in [2.45, 2.75) is 0 Å². The number of thiophene rings is 1. The number of benzene rings is 3. The molecule has 4 rings (SSSR count). The van der Waals surface area contributed by atoms with E-state index in [0.717, 1.165) is 61.9 Å². The van der Waals surface area contributed by atoms with Crippen molar-refractivity contribution in [2.24, 2.45) is 0 Å². The molecule has 0 aliphatic carbocycles. The van der Waals surface area contributed by atoms with Crippen molar-refractivity contribution in [3.8, 4) is 33.4 Å².